The molecule has 5 nitrogen and oxygen atoms in total. The van der Waals surface area contributed by atoms with Crippen molar-refractivity contribution in [3.05, 3.63) is 82.3 Å². The van der Waals surface area contributed by atoms with E-state index in [1.54, 1.807) is 6.33 Å². The number of fused-ring (bicyclic) bond motifs is 1. The van der Waals surface area contributed by atoms with Crippen molar-refractivity contribution in [2.75, 3.05) is 11.9 Å². The molecule has 2 N–H and O–H groups in total. The Bertz CT molecular complexity index is 990. The molecular formula is C22H24N4O. The minimum Gasteiger partial charge on any atom is -0.331 e. The second-order valence-electron chi connectivity index (χ2n) is 7.21. The van der Waals surface area contributed by atoms with Crippen molar-refractivity contribution in [2.45, 2.75) is 33.4 Å². The van der Waals surface area contributed by atoms with Gasteiger partial charge in [0.05, 0.1) is 6.33 Å². The zero-order valence-corrected chi connectivity index (χ0v) is 15.7. The van der Waals surface area contributed by atoms with Gasteiger partial charge in [0.25, 0.3) is 5.91 Å². The van der Waals surface area contributed by atoms with E-state index in [4.69, 9.17) is 0 Å². The van der Waals surface area contributed by atoms with Gasteiger partial charge in [-0.15, -0.1) is 0 Å². The summed E-state index contributed by atoms with van der Waals surface area (Å²) in [7, 11) is 0. The number of hydrogen-bond acceptors (Lipinski definition) is 3. The summed E-state index contributed by atoms with van der Waals surface area (Å²) in [5.41, 5.74) is 7.00. The van der Waals surface area contributed by atoms with Gasteiger partial charge >= 0.3 is 0 Å². The van der Waals surface area contributed by atoms with Crippen molar-refractivity contribution in [2.24, 2.45) is 0 Å². The summed E-state index contributed by atoms with van der Waals surface area (Å²) in [6.07, 6.45) is 4.58. The molecule has 0 unspecified atom stereocenters. The number of aryl methyl sites for hydroxylation is 2. The van der Waals surface area contributed by atoms with Crippen LogP contribution in [0.15, 0.2) is 48.9 Å². The molecule has 0 saturated carbocycles. The normalized spacial score (nSPS) is 13.3. The molecule has 0 atom stereocenters. The number of benzene rings is 2. The standard InChI is InChI=1S/C22H24N4O/c1-15-3-4-17(9-16(15)2)12-26-13-21(24-14-26)25-22(27)19-5-6-20-11-23-8-7-18(20)10-19/h3-6,9-10,13-14,23H,7-8,11-12H2,1-2H3,(H,25,27). The molecule has 1 aliphatic heterocycles. The number of anilines is 1. The van der Waals surface area contributed by atoms with Gasteiger partial charge in [0.1, 0.15) is 0 Å². The number of nitrogens with zero attached hydrogens (tertiary/aromatic N) is 2. The van der Waals surface area contributed by atoms with Gasteiger partial charge < -0.3 is 15.2 Å². The van der Waals surface area contributed by atoms with Crippen LogP contribution in [0.4, 0.5) is 5.82 Å². The molecule has 0 bridgehead atoms. The van der Waals surface area contributed by atoms with Crippen LogP contribution in [0, 0.1) is 13.8 Å². The topological polar surface area (TPSA) is 59.0 Å². The van der Waals surface area contributed by atoms with Gasteiger partial charge in [0.2, 0.25) is 0 Å². The fraction of sp³-hybridized carbons (Fsp3) is 0.273. The Kier molecular flexibility index (Phi) is 4.77. The molecular weight excluding hydrogens is 336 g/mol. The molecule has 2 aromatic carbocycles. The first-order chi connectivity index (χ1) is 13.1. The number of carbonyl (C=O) groups is 1. The highest BCUT2D eigenvalue weighted by atomic mass is 16.1. The molecule has 1 amide bonds. The molecule has 1 aliphatic rings. The Balaban J connectivity index is 1.44. The van der Waals surface area contributed by atoms with Crippen molar-refractivity contribution in [3.63, 3.8) is 0 Å². The Morgan fingerprint density at radius 2 is 2.04 bits per heavy atom. The van der Waals surface area contributed by atoms with Crippen molar-refractivity contribution in [1.82, 2.24) is 14.9 Å². The van der Waals surface area contributed by atoms with E-state index in [0.717, 1.165) is 26.1 Å². The minimum absolute atomic E-state index is 0.118. The third-order valence-corrected chi connectivity index (χ3v) is 5.17. The minimum atomic E-state index is -0.118. The van der Waals surface area contributed by atoms with Gasteiger partial charge in [0, 0.05) is 24.8 Å². The molecule has 2 heterocycles. The zero-order valence-electron chi connectivity index (χ0n) is 15.7. The predicted octanol–water partition coefficient (Wildman–Crippen LogP) is 3.45. The number of carbonyl (C=O) groups excluding carboxylic acids is 1. The van der Waals surface area contributed by atoms with Gasteiger partial charge in [0.15, 0.2) is 5.82 Å². The predicted molar refractivity (Wildman–Crippen MR) is 107 cm³/mol. The maximum absolute atomic E-state index is 12.6. The average molecular weight is 360 g/mol. The average Bonchev–Trinajstić information content (AvgIpc) is 3.11. The van der Waals surface area contributed by atoms with Gasteiger partial charge in [-0.3, -0.25) is 4.79 Å². The molecule has 5 heteroatoms. The van der Waals surface area contributed by atoms with Crippen LogP contribution in [0.1, 0.15) is 38.2 Å². The number of aromatic nitrogens is 2. The highest BCUT2D eigenvalue weighted by Crippen LogP contribution is 2.17. The Labute approximate surface area is 159 Å². The van der Waals surface area contributed by atoms with E-state index in [9.17, 15) is 4.79 Å². The van der Waals surface area contributed by atoms with Crippen LogP contribution >= 0.6 is 0 Å². The molecule has 138 valence electrons. The molecule has 4 rings (SSSR count). The first kappa shape index (κ1) is 17.5. The van der Waals surface area contributed by atoms with Gasteiger partial charge in [-0.1, -0.05) is 24.3 Å². The summed E-state index contributed by atoms with van der Waals surface area (Å²) in [6.45, 7) is 6.80. The SMILES string of the molecule is Cc1ccc(Cn2cnc(NC(=O)c3ccc4c(c3)CCNC4)c2)cc1C. The number of rotatable bonds is 4. The van der Waals surface area contributed by atoms with Gasteiger partial charge in [-0.2, -0.15) is 0 Å². The molecule has 0 radical (unpaired) electrons. The van der Waals surface area contributed by atoms with E-state index in [2.05, 4.69) is 47.7 Å². The molecule has 0 aliphatic carbocycles. The van der Waals surface area contributed by atoms with E-state index in [1.807, 2.05) is 29.0 Å². The van der Waals surface area contributed by atoms with E-state index < -0.39 is 0 Å². The van der Waals surface area contributed by atoms with Gasteiger partial charge in [-0.25, -0.2) is 4.98 Å². The summed E-state index contributed by atoms with van der Waals surface area (Å²) in [4.78, 5) is 16.9. The van der Waals surface area contributed by atoms with Gasteiger partial charge in [-0.05, 0) is 66.8 Å². The number of amides is 1. The fourth-order valence-corrected chi connectivity index (χ4v) is 3.43. The van der Waals surface area contributed by atoms with Crippen molar-refractivity contribution in [3.8, 4) is 0 Å². The molecule has 27 heavy (non-hydrogen) atoms. The number of nitrogens with one attached hydrogen (secondary N) is 2. The maximum Gasteiger partial charge on any atom is 0.256 e. The lowest BCUT2D eigenvalue weighted by Crippen LogP contribution is -2.24. The molecule has 0 spiro atoms. The smallest absolute Gasteiger partial charge is 0.256 e. The van der Waals surface area contributed by atoms with E-state index in [1.165, 1.54) is 27.8 Å². The van der Waals surface area contributed by atoms with Crippen molar-refractivity contribution >= 4 is 11.7 Å². The lowest BCUT2D eigenvalue weighted by atomic mass is 9.98. The van der Waals surface area contributed by atoms with Crippen LogP contribution in [-0.2, 0) is 19.5 Å². The fourth-order valence-electron chi connectivity index (χ4n) is 3.43. The first-order valence-corrected chi connectivity index (χ1v) is 9.30. The summed E-state index contributed by atoms with van der Waals surface area (Å²) < 4.78 is 1.98. The lowest BCUT2D eigenvalue weighted by molar-refractivity contribution is 0.102. The third-order valence-electron chi connectivity index (χ3n) is 5.17. The zero-order chi connectivity index (χ0) is 18.8. The van der Waals surface area contributed by atoms with Crippen LogP contribution in [-0.4, -0.2) is 22.0 Å². The third kappa shape index (κ3) is 3.93. The quantitative estimate of drug-likeness (QED) is 0.749. The largest absolute Gasteiger partial charge is 0.331 e. The Hall–Kier alpha value is -2.92. The first-order valence-electron chi connectivity index (χ1n) is 9.30. The van der Waals surface area contributed by atoms with Crippen LogP contribution < -0.4 is 10.6 Å². The number of imidazole rings is 1. The Morgan fingerprint density at radius 3 is 2.89 bits per heavy atom. The van der Waals surface area contributed by atoms with Crippen LogP contribution in [0.2, 0.25) is 0 Å². The summed E-state index contributed by atoms with van der Waals surface area (Å²) >= 11 is 0. The van der Waals surface area contributed by atoms with Crippen LogP contribution in [0.5, 0.6) is 0 Å². The molecule has 3 aromatic rings. The molecule has 1 aromatic heterocycles. The monoisotopic (exact) mass is 360 g/mol. The second kappa shape index (κ2) is 7.37. The highest BCUT2D eigenvalue weighted by molar-refractivity contribution is 6.03. The lowest BCUT2D eigenvalue weighted by Gasteiger charge is -2.17. The highest BCUT2D eigenvalue weighted by Gasteiger charge is 2.13. The number of hydrogen-bond donors (Lipinski definition) is 2. The summed E-state index contributed by atoms with van der Waals surface area (Å²) in [5.74, 6) is 0.455. The Morgan fingerprint density at radius 1 is 1.15 bits per heavy atom. The van der Waals surface area contributed by atoms with Crippen molar-refractivity contribution in [1.29, 1.82) is 0 Å². The summed E-state index contributed by atoms with van der Waals surface area (Å²) in [6, 6.07) is 12.4. The van der Waals surface area contributed by atoms with E-state index >= 15 is 0 Å². The van der Waals surface area contributed by atoms with Crippen LogP contribution in [0.25, 0.3) is 0 Å². The van der Waals surface area contributed by atoms with E-state index in [-0.39, 0.29) is 5.91 Å². The van der Waals surface area contributed by atoms with E-state index in [0.29, 0.717) is 11.4 Å². The second-order valence-corrected chi connectivity index (χ2v) is 7.21. The summed E-state index contributed by atoms with van der Waals surface area (Å²) in [5, 5.41) is 6.25. The van der Waals surface area contributed by atoms with Crippen molar-refractivity contribution < 1.29 is 4.79 Å². The van der Waals surface area contributed by atoms with Crippen LogP contribution in [0.3, 0.4) is 0 Å². The maximum atomic E-state index is 12.6. The molecule has 0 fully saturated rings. The molecule has 0 saturated heterocycles.